The smallest absolute Gasteiger partial charge is 0.152 e. The van der Waals surface area contributed by atoms with Gasteiger partial charge >= 0.3 is 0 Å². The number of nitrogens with zero attached hydrogens (tertiary/aromatic N) is 1. The Kier molecular flexibility index (Phi) is 2.69. The minimum atomic E-state index is -0.402. The van der Waals surface area contributed by atoms with Crippen LogP contribution in [0.3, 0.4) is 0 Å². The van der Waals surface area contributed by atoms with Crippen LogP contribution in [-0.4, -0.2) is 10.8 Å². The van der Waals surface area contributed by atoms with E-state index in [2.05, 4.69) is 4.98 Å². The Hall–Kier alpha value is -1.51. The number of carbonyl (C=O) groups excluding carboxylic acids is 1. The maximum Gasteiger partial charge on any atom is 0.152 e. The first-order valence-electron chi connectivity index (χ1n) is 3.47. The van der Waals surface area contributed by atoms with Gasteiger partial charge in [0.1, 0.15) is 5.82 Å². The molecule has 0 bridgehead atoms. The highest BCUT2D eigenvalue weighted by Gasteiger charge is 1.91. The first-order chi connectivity index (χ1) is 5.68. The van der Waals surface area contributed by atoms with Crippen LogP contribution in [0.15, 0.2) is 24.5 Å². The summed E-state index contributed by atoms with van der Waals surface area (Å²) in [6.07, 6.45) is 5.50. The molecule has 0 aromatic carbocycles. The third-order valence-corrected chi connectivity index (χ3v) is 1.24. The second kappa shape index (κ2) is 3.76. The Balaban J connectivity index is 2.83. The Labute approximate surface area is 69.7 Å². The summed E-state index contributed by atoms with van der Waals surface area (Å²) in [5.41, 5.74) is 0.588. The summed E-state index contributed by atoms with van der Waals surface area (Å²) in [7, 11) is 0. The maximum atomic E-state index is 12.5. The summed E-state index contributed by atoms with van der Waals surface area (Å²) in [6, 6.07) is 1.31. The third kappa shape index (κ3) is 2.62. The van der Waals surface area contributed by atoms with Crippen LogP contribution in [0.4, 0.5) is 4.39 Å². The molecule has 0 aliphatic rings. The topological polar surface area (TPSA) is 30.0 Å². The Morgan fingerprint density at radius 1 is 1.58 bits per heavy atom. The van der Waals surface area contributed by atoms with Crippen molar-refractivity contribution in [3.05, 3.63) is 35.9 Å². The minimum absolute atomic E-state index is 0.0701. The fraction of sp³-hybridized carbons (Fsp3) is 0.111. The predicted octanol–water partition coefficient (Wildman–Crippen LogP) is 1.82. The number of hydrogen-bond acceptors (Lipinski definition) is 2. The fourth-order valence-electron chi connectivity index (χ4n) is 0.733. The Morgan fingerprint density at radius 3 is 2.92 bits per heavy atom. The molecule has 1 aromatic heterocycles. The van der Waals surface area contributed by atoms with Gasteiger partial charge in [-0.05, 0) is 30.7 Å². The highest BCUT2D eigenvalue weighted by molar-refractivity contribution is 5.91. The van der Waals surface area contributed by atoms with Crippen LogP contribution < -0.4 is 0 Å². The average molecular weight is 165 g/mol. The molecular formula is C9H8FNO. The summed E-state index contributed by atoms with van der Waals surface area (Å²) in [6.45, 7) is 1.43. The lowest BCUT2D eigenvalue weighted by atomic mass is 10.2. The number of halogens is 1. The van der Waals surface area contributed by atoms with Crippen molar-refractivity contribution in [2.45, 2.75) is 6.92 Å². The first kappa shape index (κ1) is 8.59. The van der Waals surface area contributed by atoms with Crippen LogP contribution in [0.5, 0.6) is 0 Å². The van der Waals surface area contributed by atoms with E-state index in [4.69, 9.17) is 0 Å². The second-order valence-corrected chi connectivity index (χ2v) is 2.38. The molecule has 12 heavy (non-hydrogen) atoms. The molecule has 3 heteroatoms. The van der Waals surface area contributed by atoms with Crippen LogP contribution in [-0.2, 0) is 4.79 Å². The second-order valence-electron chi connectivity index (χ2n) is 2.38. The molecule has 0 radical (unpaired) electrons. The molecule has 1 rings (SSSR count). The van der Waals surface area contributed by atoms with Gasteiger partial charge in [-0.15, -0.1) is 0 Å². The molecule has 1 aromatic rings. The number of ketones is 1. The first-order valence-corrected chi connectivity index (χ1v) is 3.47. The van der Waals surface area contributed by atoms with Crippen molar-refractivity contribution in [2.24, 2.45) is 0 Å². The van der Waals surface area contributed by atoms with E-state index in [1.165, 1.54) is 31.3 Å². The maximum absolute atomic E-state index is 12.5. The summed E-state index contributed by atoms with van der Waals surface area (Å²) in [5, 5.41) is 0. The highest BCUT2D eigenvalue weighted by Crippen LogP contribution is 2.02. The van der Waals surface area contributed by atoms with Gasteiger partial charge in [0, 0.05) is 6.20 Å². The van der Waals surface area contributed by atoms with E-state index in [1.54, 1.807) is 0 Å². The van der Waals surface area contributed by atoms with Crippen LogP contribution in [0.2, 0.25) is 0 Å². The number of allylic oxidation sites excluding steroid dienone is 1. The number of aromatic nitrogens is 1. The van der Waals surface area contributed by atoms with Gasteiger partial charge in [0.2, 0.25) is 0 Å². The van der Waals surface area contributed by atoms with E-state index in [9.17, 15) is 9.18 Å². The van der Waals surface area contributed by atoms with E-state index in [0.29, 0.717) is 5.56 Å². The molecule has 1 heterocycles. The fourth-order valence-corrected chi connectivity index (χ4v) is 0.733. The zero-order valence-corrected chi connectivity index (χ0v) is 6.62. The lowest BCUT2D eigenvalue weighted by molar-refractivity contribution is -0.112. The van der Waals surface area contributed by atoms with Crippen molar-refractivity contribution in [3.8, 4) is 0 Å². The molecule has 0 atom stereocenters. The van der Waals surface area contributed by atoms with E-state index in [0.717, 1.165) is 6.20 Å². The molecule has 0 amide bonds. The Morgan fingerprint density at radius 2 is 2.33 bits per heavy atom. The van der Waals surface area contributed by atoms with Crippen LogP contribution in [0, 0.1) is 5.82 Å². The summed E-state index contributed by atoms with van der Waals surface area (Å²) < 4.78 is 12.5. The van der Waals surface area contributed by atoms with Crippen molar-refractivity contribution in [3.63, 3.8) is 0 Å². The molecule has 0 saturated carbocycles. The van der Waals surface area contributed by atoms with Gasteiger partial charge in [0.05, 0.1) is 6.20 Å². The zero-order valence-electron chi connectivity index (χ0n) is 6.62. The van der Waals surface area contributed by atoms with E-state index < -0.39 is 5.82 Å². The molecule has 0 fully saturated rings. The molecule has 0 unspecified atom stereocenters. The quantitative estimate of drug-likeness (QED) is 0.625. The van der Waals surface area contributed by atoms with E-state index >= 15 is 0 Å². The van der Waals surface area contributed by atoms with Crippen LogP contribution in [0.1, 0.15) is 12.5 Å². The number of carbonyl (C=O) groups is 1. The molecule has 0 aliphatic carbocycles. The van der Waals surface area contributed by atoms with E-state index in [1.807, 2.05) is 0 Å². The minimum Gasteiger partial charge on any atom is -0.295 e. The predicted molar refractivity (Wildman–Crippen MR) is 43.9 cm³/mol. The van der Waals surface area contributed by atoms with Crippen molar-refractivity contribution in [1.29, 1.82) is 0 Å². The standard InChI is InChI=1S/C9H8FNO/c1-7(12)2-3-8-4-9(10)6-11-5-8/h2-6H,1H3/b3-2+. The molecule has 62 valence electrons. The van der Waals surface area contributed by atoms with Crippen molar-refractivity contribution in [1.82, 2.24) is 4.98 Å². The lowest BCUT2D eigenvalue weighted by Crippen LogP contribution is -1.83. The molecule has 0 N–H and O–H groups in total. The monoisotopic (exact) mass is 165 g/mol. The zero-order chi connectivity index (χ0) is 8.97. The molecule has 2 nitrogen and oxygen atoms in total. The third-order valence-electron chi connectivity index (χ3n) is 1.24. The summed E-state index contributed by atoms with van der Waals surface area (Å²) in [5.74, 6) is -0.472. The Bertz CT molecular complexity index is 320. The summed E-state index contributed by atoms with van der Waals surface area (Å²) in [4.78, 5) is 14.1. The van der Waals surface area contributed by atoms with Gasteiger partial charge < -0.3 is 0 Å². The molecule has 0 spiro atoms. The molecular weight excluding hydrogens is 157 g/mol. The number of pyridine rings is 1. The van der Waals surface area contributed by atoms with Crippen LogP contribution in [0.25, 0.3) is 6.08 Å². The van der Waals surface area contributed by atoms with Gasteiger partial charge in [-0.2, -0.15) is 0 Å². The van der Waals surface area contributed by atoms with Gasteiger partial charge in [-0.3, -0.25) is 9.78 Å². The molecule has 0 saturated heterocycles. The van der Waals surface area contributed by atoms with Gasteiger partial charge in [0.15, 0.2) is 5.78 Å². The average Bonchev–Trinajstić information content (AvgIpc) is 2.01. The van der Waals surface area contributed by atoms with Crippen LogP contribution >= 0.6 is 0 Å². The lowest BCUT2D eigenvalue weighted by Gasteiger charge is -1.90. The molecule has 0 aliphatic heterocycles. The SMILES string of the molecule is CC(=O)/C=C/c1cncc(F)c1. The normalized spacial score (nSPS) is 10.5. The largest absolute Gasteiger partial charge is 0.295 e. The van der Waals surface area contributed by atoms with Crippen molar-refractivity contribution < 1.29 is 9.18 Å². The highest BCUT2D eigenvalue weighted by atomic mass is 19.1. The van der Waals surface area contributed by atoms with Crippen molar-refractivity contribution in [2.75, 3.05) is 0 Å². The summed E-state index contributed by atoms with van der Waals surface area (Å²) >= 11 is 0. The van der Waals surface area contributed by atoms with E-state index in [-0.39, 0.29) is 5.78 Å². The van der Waals surface area contributed by atoms with Gasteiger partial charge in [-0.25, -0.2) is 4.39 Å². The number of rotatable bonds is 2. The van der Waals surface area contributed by atoms with Gasteiger partial charge in [-0.1, -0.05) is 0 Å². The van der Waals surface area contributed by atoms with Crippen molar-refractivity contribution >= 4 is 11.9 Å². The van der Waals surface area contributed by atoms with Gasteiger partial charge in [0.25, 0.3) is 0 Å². The number of hydrogen-bond donors (Lipinski definition) is 0.